The predicted octanol–water partition coefficient (Wildman–Crippen LogP) is 3.91. The van der Waals surface area contributed by atoms with Crippen molar-refractivity contribution >= 4 is 34.5 Å². The first-order valence-electron chi connectivity index (χ1n) is 11.1. The van der Waals surface area contributed by atoms with Crippen molar-refractivity contribution in [1.29, 1.82) is 0 Å². The number of hydrogen-bond donors (Lipinski definition) is 2. The average Bonchev–Trinajstić information content (AvgIpc) is 3.17. The lowest BCUT2D eigenvalue weighted by atomic mass is 10.1. The smallest absolute Gasteiger partial charge is 0.224 e. The fourth-order valence-electron chi connectivity index (χ4n) is 3.16. The molecule has 0 fully saturated rings. The number of ether oxygens (including phenoxy) is 1. The quantitative estimate of drug-likeness (QED) is 0.315. The van der Waals surface area contributed by atoms with Crippen LogP contribution < -0.4 is 15.4 Å². The lowest BCUT2D eigenvalue weighted by Gasteiger charge is -2.12. The van der Waals surface area contributed by atoms with E-state index in [9.17, 15) is 4.79 Å². The van der Waals surface area contributed by atoms with Gasteiger partial charge in [0.25, 0.3) is 0 Å². The van der Waals surface area contributed by atoms with E-state index >= 15 is 0 Å². The molecule has 2 N–H and O–H groups in total. The van der Waals surface area contributed by atoms with Gasteiger partial charge in [-0.15, -0.1) is 0 Å². The summed E-state index contributed by atoms with van der Waals surface area (Å²) in [6.45, 7) is 9.88. The zero-order valence-corrected chi connectivity index (χ0v) is 20.0. The van der Waals surface area contributed by atoms with Crippen molar-refractivity contribution in [3.63, 3.8) is 0 Å². The Labute approximate surface area is 193 Å². The molecule has 0 unspecified atom stereocenters. The Morgan fingerprint density at radius 1 is 1.19 bits per heavy atom. The summed E-state index contributed by atoms with van der Waals surface area (Å²) in [5, 5.41) is 12.5. The number of carbonyl (C=O) groups is 1. The van der Waals surface area contributed by atoms with E-state index in [0.29, 0.717) is 26.1 Å². The largest absolute Gasteiger partial charge is 0.494 e. The van der Waals surface area contributed by atoms with Gasteiger partial charge in [0.1, 0.15) is 11.6 Å². The number of nitrogens with zero attached hydrogens (tertiary/aromatic N) is 4. The van der Waals surface area contributed by atoms with Crippen LogP contribution in [0.25, 0.3) is 11.0 Å². The molecule has 0 bridgehead atoms. The summed E-state index contributed by atoms with van der Waals surface area (Å²) in [6, 6.07) is 7.86. The van der Waals surface area contributed by atoms with Crippen molar-refractivity contribution in [3.8, 4) is 5.75 Å². The van der Waals surface area contributed by atoms with Crippen molar-refractivity contribution in [3.05, 3.63) is 36.0 Å². The molecule has 0 saturated carbocycles. The van der Waals surface area contributed by atoms with Crippen LogP contribution in [0.3, 0.4) is 0 Å². The van der Waals surface area contributed by atoms with Gasteiger partial charge in [-0.05, 0) is 44.9 Å². The minimum atomic E-state index is -0.0263. The Morgan fingerprint density at radius 2 is 1.97 bits per heavy atom. The number of carbonyl (C=O) groups excluding carboxylic acids is 1. The Hall–Kier alpha value is -2.81. The fraction of sp³-hybridized carbons (Fsp3) is 0.478. The maximum Gasteiger partial charge on any atom is 0.224 e. The standard InChI is InChI=1S/C23H32N6O2S/c1-5-13-32-23-27-21(26-16(3)4)19-15-25-29(22(19)28-23)12-11-24-20(30)14-17-7-9-18(10-8-17)31-6-2/h7-10,15-16H,5-6,11-14H2,1-4H3,(H,24,30)(H,26,27,28). The molecule has 0 atom stereocenters. The third-order valence-electron chi connectivity index (χ3n) is 4.58. The average molecular weight is 457 g/mol. The number of benzene rings is 1. The van der Waals surface area contributed by atoms with Gasteiger partial charge in [0.2, 0.25) is 5.91 Å². The molecule has 1 aromatic carbocycles. The number of thioether (sulfide) groups is 1. The van der Waals surface area contributed by atoms with Crippen LogP contribution >= 0.6 is 11.8 Å². The molecular weight excluding hydrogens is 424 g/mol. The van der Waals surface area contributed by atoms with Crippen LogP contribution in [0.15, 0.2) is 35.6 Å². The van der Waals surface area contributed by atoms with Gasteiger partial charge in [-0.2, -0.15) is 5.10 Å². The molecule has 1 amide bonds. The molecule has 0 radical (unpaired) electrons. The summed E-state index contributed by atoms with van der Waals surface area (Å²) < 4.78 is 7.27. The number of hydrogen-bond acceptors (Lipinski definition) is 7. The summed E-state index contributed by atoms with van der Waals surface area (Å²) in [5.74, 6) is 2.55. The van der Waals surface area contributed by atoms with Gasteiger partial charge in [0.05, 0.1) is 31.2 Å². The number of anilines is 1. The first-order valence-corrected chi connectivity index (χ1v) is 12.1. The normalized spacial score (nSPS) is 11.2. The highest BCUT2D eigenvalue weighted by Crippen LogP contribution is 2.25. The number of fused-ring (bicyclic) bond motifs is 1. The van der Waals surface area contributed by atoms with Gasteiger partial charge >= 0.3 is 0 Å². The molecule has 0 spiro atoms. The molecule has 172 valence electrons. The predicted molar refractivity (Wildman–Crippen MR) is 129 cm³/mol. The molecule has 0 aliphatic carbocycles. The van der Waals surface area contributed by atoms with Crippen LogP contribution in [-0.4, -0.2) is 50.6 Å². The Balaban J connectivity index is 1.63. The van der Waals surface area contributed by atoms with E-state index in [-0.39, 0.29) is 11.9 Å². The summed E-state index contributed by atoms with van der Waals surface area (Å²) in [5.41, 5.74) is 1.73. The van der Waals surface area contributed by atoms with E-state index in [4.69, 9.17) is 9.72 Å². The van der Waals surface area contributed by atoms with E-state index < -0.39 is 0 Å². The first-order chi connectivity index (χ1) is 15.5. The second kappa shape index (κ2) is 11.7. The molecule has 8 nitrogen and oxygen atoms in total. The second-order valence-corrected chi connectivity index (χ2v) is 8.77. The summed E-state index contributed by atoms with van der Waals surface area (Å²) in [7, 11) is 0. The van der Waals surface area contributed by atoms with Crippen LogP contribution in [0.5, 0.6) is 5.75 Å². The number of rotatable bonds is 12. The van der Waals surface area contributed by atoms with E-state index in [2.05, 4.69) is 41.5 Å². The van der Waals surface area contributed by atoms with Crippen LogP contribution in [0, 0.1) is 0 Å². The number of aromatic nitrogens is 4. The molecule has 9 heteroatoms. The van der Waals surface area contributed by atoms with Crippen molar-refractivity contribution in [2.24, 2.45) is 0 Å². The number of nitrogens with one attached hydrogen (secondary N) is 2. The monoisotopic (exact) mass is 456 g/mol. The minimum Gasteiger partial charge on any atom is -0.494 e. The van der Waals surface area contributed by atoms with E-state index in [1.165, 1.54) is 0 Å². The minimum absolute atomic E-state index is 0.0263. The topological polar surface area (TPSA) is 94.0 Å². The van der Waals surface area contributed by atoms with Crippen molar-refractivity contribution in [1.82, 2.24) is 25.1 Å². The van der Waals surface area contributed by atoms with E-state index in [0.717, 1.165) is 45.5 Å². The first kappa shape index (κ1) is 23.8. The molecule has 0 aliphatic rings. The van der Waals surface area contributed by atoms with Gasteiger partial charge < -0.3 is 15.4 Å². The van der Waals surface area contributed by atoms with Gasteiger partial charge in [-0.1, -0.05) is 30.8 Å². The second-order valence-electron chi connectivity index (χ2n) is 7.71. The van der Waals surface area contributed by atoms with Crippen LogP contribution in [0.2, 0.25) is 0 Å². The molecule has 2 heterocycles. The van der Waals surface area contributed by atoms with Crippen LogP contribution in [-0.2, 0) is 17.8 Å². The van der Waals surface area contributed by atoms with E-state index in [1.54, 1.807) is 18.0 Å². The highest BCUT2D eigenvalue weighted by Gasteiger charge is 2.14. The summed E-state index contributed by atoms with van der Waals surface area (Å²) in [4.78, 5) is 21.7. The zero-order chi connectivity index (χ0) is 22.9. The van der Waals surface area contributed by atoms with Crippen LogP contribution in [0.1, 0.15) is 39.7 Å². The summed E-state index contributed by atoms with van der Waals surface area (Å²) in [6.07, 6.45) is 3.17. The lowest BCUT2D eigenvalue weighted by molar-refractivity contribution is -0.120. The molecule has 0 aliphatic heterocycles. The summed E-state index contributed by atoms with van der Waals surface area (Å²) >= 11 is 1.64. The van der Waals surface area contributed by atoms with Gasteiger partial charge in [0, 0.05) is 18.3 Å². The third-order valence-corrected chi connectivity index (χ3v) is 5.63. The Bertz CT molecular complexity index is 1020. The highest BCUT2D eigenvalue weighted by molar-refractivity contribution is 7.99. The van der Waals surface area contributed by atoms with Gasteiger partial charge in [-0.25, -0.2) is 14.6 Å². The zero-order valence-electron chi connectivity index (χ0n) is 19.2. The van der Waals surface area contributed by atoms with Gasteiger partial charge in [0.15, 0.2) is 10.8 Å². The van der Waals surface area contributed by atoms with Crippen LogP contribution in [0.4, 0.5) is 5.82 Å². The molecule has 3 aromatic rings. The Morgan fingerprint density at radius 3 is 2.66 bits per heavy atom. The molecular formula is C23H32N6O2S. The SMILES string of the molecule is CCCSc1nc(NC(C)C)c2cnn(CCNC(=O)Cc3ccc(OCC)cc3)c2n1. The molecule has 2 aromatic heterocycles. The fourth-order valence-corrected chi connectivity index (χ4v) is 3.85. The molecule has 3 rings (SSSR count). The van der Waals surface area contributed by atoms with Crippen molar-refractivity contribution in [2.75, 3.05) is 24.2 Å². The third kappa shape index (κ3) is 6.59. The van der Waals surface area contributed by atoms with Crippen molar-refractivity contribution < 1.29 is 9.53 Å². The number of amides is 1. The van der Waals surface area contributed by atoms with Gasteiger partial charge in [-0.3, -0.25) is 4.79 Å². The van der Waals surface area contributed by atoms with Crippen molar-refractivity contribution in [2.45, 2.75) is 58.3 Å². The lowest BCUT2D eigenvalue weighted by Crippen LogP contribution is -2.28. The molecule has 0 saturated heterocycles. The Kier molecular flexibility index (Phi) is 8.72. The van der Waals surface area contributed by atoms with E-state index in [1.807, 2.05) is 35.9 Å². The maximum absolute atomic E-state index is 12.4. The molecule has 32 heavy (non-hydrogen) atoms. The maximum atomic E-state index is 12.4. The highest BCUT2D eigenvalue weighted by atomic mass is 32.2.